The van der Waals surface area contributed by atoms with Gasteiger partial charge in [-0.25, -0.2) is 0 Å². The van der Waals surface area contributed by atoms with Gasteiger partial charge in [-0.2, -0.15) is 14.6 Å². The lowest BCUT2D eigenvalue weighted by Crippen LogP contribution is -2.26. The Kier molecular flexibility index (Phi) is 5.88. The van der Waals surface area contributed by atoms with Crippen molar-refractivity contribution in [1.82, 2.24) is 24.9 Å². The molecule has 34 heavy (non-hydrogen) atoms. The quantitative estimate of drug-likeness (QED) is 0.394. The van der Waals surface area contributed by atoms with Crippen LogP contribution in [0.3, 0.4) is 0 Å². The van der Waals surface area contributed by atoms with Crippen molar-refractivity contribution in [3.8, 4) is 22.8 Å². The second kappa shape index (κ2) is 9.13. The number of carbonyl (C=O) groups excluding carboxylic acids is 1. The van der Waals surface area contributed by atoms with Gasteiger partial charge in [0.2, 0.25) is 5.88 Å². The molecule has 0 bridgehead atoms. The number of hydrogen-bond acceptors (Lipinski definition) is 6. The number of pyridine rings is 1. The Hall–Kier alpha value is -3.94. The highest BCUT2D eigenvalue weighted by Gasteiger charge is 2.24. The van der Waals surface area contributed by atoms with Gasteiger partial charge in [-0.05, 0) is 55.0 Å². The monoisotopic (exact) mass is 456 g/mol. The molecular weight excluding hydrogens is 428 g/mol. The number of carbonyl (C=O) groups is 1. The van der Waals surface area contributed by atoms with Crippen LogP contribution >= 0.6 is 0 Å². The van der Waals surface area contributed by atoms with Crippen LogP contribution in [0.2, 0.25) is 0 Å². The summed E-state index contributed by atoms with van der Waals surface area (Å²) in [7, 11) is 0. The first-order chi connectivity index (χ1) is 16.5. The van der Waals surface area contributed by atoms with Gasteiger partial charge in [-0.3, -0.25) is 9.78 Å². The fourth-order valence-corrected chi connectivity index (χ4v) is 3.73. The number of benzene rings is 1. The average Bonchev–Trinajstić information content (AvgIpc) is 3.53. The minimum Gasteiger partial charge on any atom is -0.439 e. The summed E-state index contributed by atoms with van der Waals surface area (Å²) in [6.45, 7) is 7.04. The molecule has 3 aromatic heterocycles. The SMILES string of the molecule is Cc1cc(-c2cnn3c(NCC(C)C)cc(Oc4ccncc4)nc23)ccc1C(=O)NC1CC1. The highest BCUT2D eigenvalue weighted by Crippen LogP contribution is 2.31. The summed E-state index contributed by atoms with van der Waals surface area (Å²) in [5.74, 6) is 2.36. The van der Waals surface area contributed by atoms with Crippen molar-refractivity contribution in [2.45, 2.75) is 39.7 Å². The maximum atomic E-state index is 12.5. The van der Waals surface area contributed by atoms with E-state index in [4.69, 9.17) is 9.72 Å². The standard InChI is InChI=1S/C26H28N6O2/c1-16(2)14-28-23-13-24(34-20-8-10-27-11-9-20)31-25-22(15-29-32(23)25)18-4-7-21(17(3)12-18)26(33)30-19-5-6-19/h4,7-13,15-16,19,28H,5-6,14H2,1-3H3,(H,30,33). The molecule has 0 radical (unpaired) electrons. The van der Waals surface area contributed by atoms with E-state index in [9.17, 15) is 4.79 Å². The topological polar surface area (TPSA) is 93.4 Å². The molecule has 8 heteroatoms. The van der Waals surface area contributed by atoms with E-state index in [1.165, 1.54) is 0 Å². The van der Waals surface area contributed by atoms with Crippen LogP contribution in [-0.2, 0) is 0 Å². The van der Waals surface area contributed by atoms with Crippen molar-refractivity contribution in [1.29, 1.82) is 0 Å². The minimum atomic E-state index is -0.0160. The summed E-state index contributed by atoms with van der Waals surface area (Å²) in [6, 6.07) is 11.6. The van der Waals surface area contributed by atoms with Gasteiger partial charge in [0.15, 0.2) is 5.65 Å². The molecule has 4 aromatic rings. The van der Waals surface area contributed by atoms with Crippen LogP contribution in [0.15, 0.2) is 55.0 Å². The van der Waals surface area contributed by atoms with Crippen molar-refractivity contribution >= 4 is 17.4 Å². The zero-order valence-electron chi connectivity index (χ0n) is 19.6. The lowest BCUT2D eigenvalue weighted by atomic mass is 10.0. The molecular formula is C26H28N6O2. The van der Waals surface area contributed by atoms with Crippen molar-refractivity contribution in [3.63, 3.8) is 0 Å². The van der Waals surface area contributed by atoms with E-state index >= 15 is 0 Å². The van der Waals surface area contributed by atoms with E-state index in [0.717, 1.165) is 41.9 Å². The Morgan fingerprint density at radius 2 is 1.97 bits per heavy atom. The molecule has 1 aliphatic carbocycles. The first-order valence-corrected chi connectivity index (χ1v) is 11.6. The maximum absolute atomic E-state index is 12.5. The van der Waals surface area contributed by atoms with Crippen LogP contribution < -0.4 is 15.4 Å². The molecule has 0 unspecified atom stereocenters. The first kappa shape index (κ1) is 21.9. The molecule has 0 spiro atoms. The molecule has 1 fully saturated rings. The zero-order valence-corrected chi connectivity index (χ0v) is 19.6. The fourth-order valence-electron chi connectivity index (χ4n) is 3.73. The summed E-state index contributed by atoms with van der Waals surface area (Å²) in [5, 5.41) is 11.1. The summed E-state index contributed by atoms with van der Waals surface area (Å²) in [5.41, 5.74) is 4.09. The summed E-state index contributed by atoms with van der Waals surface area (Å²) >= 11 is 0. The average molecular weight is 457 g/mol. The molecule has 174 valence electrons. The molecule has 1 aromatic carbocycles. The molecule has 0 atom stereocenters. The number of rotatable bonds is 8. The minimum absolute atomic E-state index is 0.0160. The summed E-state index contributed by atoms with van der Waals surface area (Å²) in [4.78, 5) is 21.4. The van der Waals surface area contributed by atoms with Crippen molar-refractivity contribution < 1.29 is 9.53 Å². The molecule has 1 amide bonds. The number of ether oxygens (including phenoxy) is 1. The number of aromatic nitrogens is 4. The number of hydrogen-bond donors (Lipinski definition) is 2. The van der Waals surface area contributed by atoms with Crippen molar-refractivity contribution in [2.24, 2.45) is 5.92 Å². The Bertz CT molecular complexity index is 1330. The zero-order chi connectivity index (χ0) is 23.7. The lowest BCUT2D eigenvalue weighted by Gasteiger charge is -2.13. The second-order valence-corrected chi connectivity index (χ2v) is 9.11. The van der Waals surface area contributed by atoms with Crippen molar-refractivity contribution in [3.05, 3.63) is 66.1 Å². The van der Waals surface area contributed by atoms with Gasteiger partial charge in [0.1, 0.15) is 11.6 Å². The largest absolute Gasteiger partial charge is 0.439 e. The van der Waals surface area contributed by atoms with Crippen LogP contribution in [0.4, 0.5) is 5.82 Å². The molecule has 1 aliphatic rings. The lowest BCUT2D eigenvalue weighted by molar-refractivity contribution is 0.0950. The number of anilines is 1. The molecule has 3 heterocycles. The van der Waals surface area contributed by atoms with E-state index in [-0.39, 0.29) is 5.91 Å². The predicted octanol–water partition coefficient (Wildman–Crippen LogP) is 4.85. The molecule has 0 aliphatic heterocycles. The normalized spacial score (nSPS) is 13.3. The number of nitrogens with one attached hydrogen (secondary N) is 2. The molecule has 8 nitrogen and oxygen atoms in total. The summed E-state index contributed by atoms with van der Waals surface area (Å²) in [6.07, 6.45) is 7.29. The Balaban J connectivity index is 1.53. The van der Waals surface area contributed by atoms with Crippen LogP contribution in [0.25, 0.3) is 16.8 Å². The van der Waals surface area contributed by atoms with Gasteiger partial charge in [-0.1, -0.05) is 26.0 Å². The third kappa shape index (κ3) is 4.71. The highest BCUT2D eigenvalue weighted by atomic mass is 16.5. The van der Waals surface area contributed by atoms with E-state index in [0.29, 0.717) is 34.8 Å². The van der Waals surface area contributed by atoms with Gasteiger partial charge in [-0.15, -0.1) is 0 Å². The van der Waals surface area contributed by atoms with E-state index in [1.807, 2.05) is 31.2 Å². The van der Waals surface area contributed by atoms with E-state index < -0.39 is 0 Å². The third-order valence-corrected chi connectivity index (χ3v) is 5.71. The van der Waals surface area contributed by atoms with E-state index in [2.05, 4.69) is 34.6 Å². The molecule has 5 rings (SSSR count). The Morgan fingerprint density at radius 1 is 1.18 bits per heavy atom. The third-order valence-electron chi connectivity index (χ3n) is 5.71. The van der Waals surface area contributed by atoms with Gasteiger partial charge in [0, 0.05) is 42.2 Å². The number of fused-ring (bicyclic) bond motifs is 1. The van der Waals surface area contributed by atoms with Gasteiger partial charge in [0.25, 0.3) is 5.91 Å². The molecule has 2 N–H and O–H groups in total. The second-order valence-electron chi connectivity index (χ2n) is 9.11. The highest BCUT2D eigenvalue weighted by molar-refractivity contribution is 5.97. The smallest absolute Gasteiger partial charge is 0.251 e. The molecule has 0 saturated heterocycles. The van der Waals surface area contributed by atoms with Gasteiger partial charge >= 0.3 is 0 Å². The predicted molar refractivity (Wildman–Crippen MR) is 131 cm³/mol. The van der Waals surface area contributed by atoms with Gasteiger partial charge in [0.05, 0.1) is 6.20 Å². The number of nitrogens with zero attached hydrogens (tertiary/aromatic N) is 4. The Labute approximate surface area is 198 Å². The number of aryl methyl sites for hydroxylation is 1. The van der Waals surface area contributed by atoms with Crippen LogP contribution in [0, 0.1) is 12.8 Å². The van der Waals surface area contributed by atoms with Crippen LogP contribution in [0.5, 0.6) is 11.6 Å². The first-order valence-electron chi connectivity index (χ1n) is 11.6. The van der Waals surface area contributed by atoms with Crippen LogP contribution in [-0.4, -0.2) is 38.1 Å². The summed E-state index contributed by atoms with van der Waals surface area (Å²) < 4.78 is 7.82. The van der Waals surface area contributed by atoms with E-state index in [1.54, 1.807) is 35.2 Å². The fraction of sp³-hybridized carbons (Fsp3) is 0.308. The maximum Gasteiger partial charge on any atom is 0.251 e. The Morgan fingerprint density at radius 3 is 2.68 bits per heavy atom. The molecule has 1 saturated carbocycles. The van der Waals surface area contributed by atoms with Crippen molar-refractivity contribution in [2.75, 3.05) is 11.9 Å². The van der Waals surface area contributed by atoms with Gasteiger partial charge < -0.3 is 15.4 Å². The van der Waals surface area contributed by atoms with Crippen LogP contribution in [0.1, 0.15) is 42.6 Å². The number of amides is 1.